The standard InChI is InChI=1S/C24H29N3S/c1-18-16-27(17-19-8-4-3-5-9-19)15-14-22(18)26-28-24-13-12-23(25-2)20-10-6-7-11-21(20)24/h3-13,18,22,25-26H,14-17H2,1-2H3. The zero-order valence-corrected chi connectivity index (χ0v) is 17.5. The van der Waals surface area contributed by atoms with E-state index in [4.69, 9.17) is 0 Å². The lowest BCUT2D eigenvalue weighted by atomic mass is 9.94. The van der Waals surface area contributed by atoms with E-state index in [0.29, 0.717) is 12.0 Å². The van der Waals surface area contributed by atoms with Crippen molar-refractivity contribution in [2.24, 2.45) is 5.92 Å². The SMILES string of the molecule is CNc1ccc(SNC2CCN(Cc3ccccc3)CC2C)c2ccccc12. The van der Waals surface area contributed by atoms with Crippen LogP contribution < -0.4 is 10.0 Å². The van der Waals surface area contributed by atoms with Gasteiger partial charge in [-0.15, -0.1) is 0 Å². The Balaban J connectivity index is 1.38. The van der Waals surface area contributed by atoms with E-state index in [1.165, 1.54) is 33.3 Å². The summed E-state index contributed by atoms with van der Waals surface area (Å²) in [4.78, 5) is 3.88. The summed E-state index contributed by atoms with van der Waals surface area (Å²) in [6, 6.07) is 24.4. The average Bonchev–Trinajstić information content (AvgIpc) is 2.74. The van der Waals surface area contributed by atoms with E-state index in [-0.39, 0.29) is 0 Å². The summed E-state index contributed by atoms with van der Waals surface area (Å²) < 4.78 is 3.77. The molecule has 1 heterocycles. The quantitative estimate of drug-likeness (QED) is 0.551. The van der Waals surface area contributed by atoms with Crippen molar-refractivity contribution in [3.8, 4) is 0 Å². The molecule has 2 unspecified atom stereocenters. The first kappa shape index (κ1) is 19.3. The van der Waals surface area contributed by atoms with E-state index in [9.17, 15) is 0 Å². The van der Waals surface area contributed by atoms with Crippen LogP contribution in [-0.2, 0) is 6.54 Å². The number of hydrogen-bond acceptors (Lipinski definition) is 4. The van der Waals surface area contributed by atoms with Gasteiger partial charge < -0.3 is 5.32 Å². The van der Waals surface area contributed by atoms with Gasteiger partial charge in [0, 0.05) is 48.7 Å². The third-order valence-corrected chi connectivity index (χ3v) is 6.71. The number of rotatable bonds is 6. The van der Waals surface area contributed by atoms with Gasteiger partial charge in [0.2, 0.25) is 0 Å². The average molecular weight is 392 g/mol. The molecule has 3 nitrogen and oxygen atoms in total. The number of nitrogens with one attached hydrogen (secondary N) is 2. The van der Waals surface area contributed by atoms with Crippen LogP contribution in [0.4, 0.5) is 5.69 Å². The first-order valence-corrected chi connectivity index (χ1v) is 10.9. The number of likely N-dealkylation sites (tertiary alicyclic amines) is 1. The smallest absolute Gasteiger partial charge is 0.0418 e. The van der Waals surface area contributed by atoms with Gasteiger partial charge in [0.15, 0.2) is 0 Å². The Morgan fingerprint density at radius 2 is 1.71 bits per heavy atom. The van der Waals surface area contributed by atoms with Crippen LogP contribution in [0.3, 0.4) is 0 Å². The zero-order chi connectivity index (χ0) is 19.3. The first-order chi connectivity index (χ1) is 13.7. The molecule has 1 aliphatic heterocycles. The summed E-state index contributed by atoms with van der Waals surface area (Å²) in [6.45, 7) is 5.72. The molecule has 3 aromatic carbocycles. The third-order valence-electron chi connectivity index (χ3n) is 5.71. The number of fused-ring (bicyclic) bond motifs is 1. The molecule has 0 aromatic heterocycles. The van der Waals surface area contributed by atoms with Crippen LogP contribution in [0, 0.1) is 5.92 Å². The fourth-order valence-electron chi connectivity index (χ4n) is 4.11. The molecule has 0 amide bonds. The second kappa shape index (κ2) is 8.99. The van der Waals surface area contributed by atoms with Crippen LogP contribution in [0.2, 0.25) is 0 Å². The van der Waals surface area contributed by atoms with E-state index >= 15 is 0 Å². The van der Waals surface area contributed by atoms with Crippen molar-refractivity contribution >= 4 is 28.4 Å². The second-order valence-corrected chi connectivity index (χ2v) is 8.60. The Labute approximate surface area is 172 Å². The first-order valence-electron chi connectivity index (χ1n) is 10.1. The monoisotopic (exact) mass is 391 g/mol. The fourth-order valence-corrected chi connectivity index (χ4v) is 5.16. The molecular formula is C24H29N3S. The molecule has 1 aliphatic rings. The number of hydrogen-bond donors (Lipinski definition) is 2. The lowest BCUT2D eigenvalue weighted by Crippen LogP contribution is -2.46. The molecule has 1 saturated heterocycles. The maximum Gasteiger partial charge on any atom is 0.0418 e. The lowest BCUT2D eigenvalue weighted by molar-refractivity contribution is 0.152. The molecule has 0 radical (unpaired) electrons. The van der Waals surface area contributed by atoms with Gasteiger partial charge in [0.05, 0.1) is 0 Å². The lowest BCUT2D eigenvalue weighted by Gasteiger charge is -2.37. The zero-order valence-electron chi connectivity index (χ0n) is 16.7. The van der Waals surface area contributed by atoms with Gasteiger partial charge >= 0.3 is 0 Å². The number of anilines is 1. The summed E-state index contributed by atoms with van der Waals surface area (Å²) >= 11 is 1.79. The minimum atomic E-state index is 0.541. The minimum absolute atomic E-state index is 0.541. The van der Waals surface area contributed by atoms with Crippen molar-refractivity contribution in [3.63, 3.8) is 0 Å². The van der Waals surface area contributed by atoms with Crippen molar-refractivity contribution in [3.05, 3.63) is 72.3 Å². The largest absolute Gasteiger partial charge is 0.388 e. The highest BCUT2D eigenvalue weighted by molar-refractivity contribution is 7.97. The molecule has 4 rings (SSSR count). The topological polar surface area (TPSA) is 27.3 Å². The van der Waals surface area contributed by atoms with E-state index in [1.807, 2.05) is 7.05 Å². The van der Waals surface area contributed by atoms with Gasteiger partial charge in [-0.3, -0.25) is 9.62 Å². The summed E-state index contributed by atoms with van der Waals surface area (Å²) in [6.07, 6.45) is 1.19. The highest BCUT2D eigenvalue weighted by Gasteiger charge is 2.26. The molecule has 28 heavy (non-hydrogen) atoms. The van der Waals surface area contributed by atoms with Crippen LogP contribution in [0.5, 0.6) is 0 Å². The molecule has 3 aromatic rings. The molecular weight excluding hydrogens is 362 g/mol. The second-order valence-electron chi connectivity index (χ2n) is 7.72. The van der Waals surface area contributed by atoms with Gasteiger partial charge in [-0.25, -0.2) is 0 Å². The number of benzene rings is 3. The molecule has 0 aliphatic carbocycles. The molecule has 2 N–H and O–H groups in total. The fraction of sp³-hybridized carbons (Fsp3) is 0.333. The van der Waals surface area contributed by atoms with Gasteiger partial charge in [-0.2, -0.15) is 0 Å². The van der Waals surface area contributed by atoms with E-state index in [0.717, 1.165) is 19.6 Å². The number of piperidine rings is 1. The van der Waals surface area contributed by atoms with Crippen molar-refractivity contribution in [2.45, 2.75) is 30.8 Å². The van der Waals surface area contributed by atoms with Crippen molar-refractivity contribution in [2.75, 3.05) is 25.5 Å². The van der Waals surface area contributed by atoms with Crippen LogP contribution in [0.1, 0.15) is 18.9 Å². The Hall–Kier alpha value is -2.01. The summed E-state index contributed by atoms with van der Waals surface area (Å²) in [7, 11) is 1.98. The Bertz CT molecular complexity index is 912. The Morgan fingerprint density at radius 3 is 2.46 bits per heavy atom. The molecule has 1 fully saturated rings. The van der Waals surface area contributed by atoms with Crippen LogP contribution >= 0.6 is 11.9 Å². The van der Waals surface area contributed by atoms with Crippen molar-refractivity contribution in [1.29, 1.82) is 0 Å². The third kappa shape index (κ3) is 4.35. The maximum absolute atomic E-state index is 3.77. The maximum atomic E-state index is 3.77. The van der Waals surface area contributed by atoms with Gasteiger partial charge in [-0.05, 0) is 47.4 Å². The van der Waals surface area contributed by atoms with Crippen molar-refractivity contribution < 1.29 is 0 Å². The van der Waals surface area contributed by atoms with E-state index in [2.05, 4.69) is 88.6 Å². The normalized spacial score (nSPS) is 20.4. The summed E-state index contributed by atoms with van der Waals surface area (Å²) in [5.41, 5.74) is 2.59. The van der Waals surface area contributed by atoms with Crippen LogP contribution in [0.25, 0.3) is 10.8 Å². The summed E-state index contributed by atoms with van der Waals surface area (Å²) in [5.74, 6) is 0.632. The van der Waals surface area contributed by atoms with E-state index in [1.54, 1.807) is 11.9 Å². The van der Waals surface area contributed by atoms with Gasteiger partial charge in [0.1, 0.15) is 0 Å². The minimum Gasteiger partial charge on any atom is -0.388 e. The molecule has 146 valence electrons. The molecule has 0 spiro atoms. The Kier molecular flexibility index (Phi) is 6.20. The van der Waals surface area contributed by atoms with E-state index < -0.39 is 0 Å². The van der Waals surface area contributed by atoms with Crippen LogP contribution in [-0.4, -0.2) is 31.1 Å². The van der Waals surface area contributed by atoms with Gasteiger partial charge in [0.25, 0.3) is 0 Å². The molecule has 4 heteroatoms. The molecule has 0 bridgehead atoms. The number of nitrogens with zero attached hydrogens (tertiary/aromatic N) is 1. The van der Waals surface area contributed by atoms with Gasteiger partial charge in [-0.1, -0.05) is 61.5 Å². The summed E-state index contributed by atoms with van der Waals surface area (Å²) in [5, 5.41) is 5.89. The molecule has 2 atom stereocenters. The Morgan fingerprint density at radius 1 is 0.964 bits per heavy atom. The highest BCUT2D eigenvalue weighted by Crippen LogP contribution is 2.32. The van der Waals surface area contributed by atoms with Crippen molar-refractivity contribution in [1.82, 2.24) is 9.62 Å². The predicted octanol–water partition coefficient (Wildman–Crippen LogP) is 5.39. The molecule has 0 saturated carbocycles. The highest BCUT2D eigenvalue weighted by atomic mass is 32.2. The predicted molar refractivity (Wildman–Crippen MR) is 122 cm³/mol. The van der Waals surface area contributed by atoms with Crippen LogP contribution in [0.15, 0.2) is 71.6 Å².